The lowest BCUT2D eigenvalue weighted by atomic mass is 9.83. The zero-order chi connectivity index (χ0) is 11.3. The second-order valence-electron chi connectivity index (χ2n) is 6.28. The SMILES string of the molecule is CC1CC1CCCCCC(C)(C)CCN. The lowest BCUT2D eigenvalue weighted by Gasteiger charge is -2.23. The first-order chi connectivity index (χ1) is 7.05. The highest BCUT2D eigenvalue weighted by Crippen LogP contribution is 2.41. The summed E-state index contributed by atoms with van der Waals surface area (Å²) in [7, 11) is 0. The summed E-state index contributed by atoms with van der Waals surface area (Å²) in [6.45, 7) is 7.92. The van der Waals surface area contributed by atoms with Crippen molar-refractivity contribution in [2.24, 2.45) is 23.0 Å². The molecule has 2 unspecified atom stereocenters. The molecule has 0 heterocycles. The Morgan fingerprint density at radius 2 is 1.80 bits per heavy atom. The number of unbranched alkanes of at least 4 members (excludes halogenated alkanes) is 2. The summed E-state index contributed by atoms with van der Waals surface area (Å²) in [4.78, 5) is 0. The van der Waals surface area contributed by atoms with Gasteiger partial charge >= 0.3 is 0 Å². The molecule has 15 heavy (non-hydrogen) atoms. The fourth-order valence-corrected chi connectivity index (χ4v) is 2.50. The summed E-state index contributed by atoms with van der Waals surface area (Å²) in [6, 6.07) is 0. The van der Waals surface area contributed by atoms with Gasteiger partial charge in [0.25, 0.3) is 0 Å². The van der Waals surface area contributed by atoms with E-state index in [1.54, 1.807) is 0 Å². The predicted molar refractivity (Wildman–Crippen MR) is 67.8 cm³/mol. The summed E-state index contributed by atoms with van der Waals surface area (Å²) < 4.78 is 0. The smallest absolute Gasteiger partial charge is 0.00722 e. The second-order valence-corrected chi connectivity index (χ2v) is 6.28. The van der Waals surface area contributed by atoms with Gasteiger partial charge in [-0.2, -0.15) is 0 Å². The minimum atomic E-state index is 0.474. The molecule has 1 rings (SSSR count). The fourth-order valence-electron chi connectivity index (χ4n) is 2.50. The third-order valence-electron chi connectivity index (χ3n) is 4.03. The Bertz CT molecular complexity index is 174. The van der Waals surface area contributed by atoms with Gasteiger partial charge < -0.3 is 5.73 Å². The normalized spacial score (nSPS) is 25.6. The maximum atomic E-state index is 5.61. The summed E-state index contributed by atoms with van der Waals surface area (Å²) in [6.07, 6.45) is 9.78. The monoisotopic (exact) mass is 211 g/mol. The molecule has 1 aliphatic carbocycles. The van der Waals surface area contributed by atoms with Crippen molar-refractivity contribution >= 4 is 0 Å². The zero-order valence-electron chi connectivity index (χ0n) is 10.9. The fraction of sp³-hybridized carbons (Fsp3) is 1.00. The van der Waals surface area contributed by atoms with Crippen LogP contribution in [-0.4, -0.2) is 6.54 Å². The van der Waals surface area contributed by atoms with Crippen molar-refractivity contribution < 1.29 is 0 Å². The van der Waals surface area contributed by atoms with Crippen LogP contribution in [0.25, 0.3) is 0 Å². The molecule has 0 aromatic heterocycles. The molecule has 2 N–H and O–H groups in total. The third kappa shape index (κ3) is 5.55. The van der Waals surface area contributed by atoms with Gasteiger partial charge in [-0.1, -0.05) is 46.5 Å². The van der Waals surface area contributed by atoms with Gasteiger partial charge in [-0.3, -0.25) is 0 Å². The van der Waals surface area contributed by atoms with Crippen LogP contribution in [0.15, 0.2) is 0 Å². The van der Waals surface area contributed by atoms with Crippen molar-refractivity contribution in [2.45, 2.75) is 65.7 Å². The molecule has 2 atom stereocenters. The molecule has 1 heteroatoms. The van der Waals surface area contributed by atoms with E-state index in [1.165, 1.54) is 44.9 Å². The average Bonchev–Trinajstić information content (AvgIpc) is 2.81. The molecular formula is C14H29N. The van der Waals surface area contributed by atoms with Crippen LogP contribution in [0.1, 0.15) is 65.7 Å². The molecule has 1 saturated carbocycles. The van der Waals surface area contributed by atoms with Crippen molar-refractivity contribution in [1.29, 1.82) is 0 Å². The van der Waals surface area contributed by atoms with Crippen LogP contribution in [0.3, 0.4) is 0 Å². The largest absolute Gasteiger partial charge is 0.330 e. The Hall–Kier alpha value is -0.0400. The van der Waals surface area contributed by atoms with E-state index in [0.29, 0.717) is 5.41 Å². The first-order valence-electron chi connectivity index (χ1n) is 6.75. The third-order valence-corrected chi connectivity index (χ3v) is 4.03. The molecule has 1 aliphatic rings. The van der Waals surface area contributed by atoms with Crippen molar-refractivity contribution in [2.75, 3.05) is 6.54 Å². The van der Waals surface area contributed by atoms with Gasteiger partial charge in [-0.15, -0.1) is 0 Å². The van der Waals surface area contributed by atoms with E-state index in [1.807, 2.05) is 0 Å². The molecule has 0 bridgehead atoms. The van der Waals surface area contributed by atoms with E-state index >= 15 is 0 Å². The lowest BCUT2D eigenvalue weighted by molar-refractivity contribution is 0.298. The second kappa shape index (κ2) is 5.89. The summed E-state index contributed by atoms with van der Waals surface area (Å²) >= 11 is 0. The summed E-state index contributed by atoms with van der Waals surface area (Å²) in [5, 5.41) is 0. The molecule has 0 saturated heterocycles. The first kappa shape index (κ1) is 13.0. The van der Waals surface area contributed by atoms with Gasteiger partial charge in [-0.05, 0) is 43.1 Å². The number of hydrogen-bond donors (Lipinski definition) is 1. The van der Waals surface area contributed by atoms with E-state index in [9.17, 15) is 0 Å². The Labute approximate surface area is 95.8 Å². The number of hydrogen-bond acceptors (Lipinski definition) is 1. The minimum Gasteiger partial charge on any atom is -0.330 e. The van der Waals surface area contributed by atoms with Gasteiger partial charge in [-0.25, -0.2) is 0 Å². The Balaban J connectivity index is 1.91. The highest BCUT2D eigenvalue weighted by molar-refractivity contribution is 4.81. The van der Waals surface area contributed by atoms with Crippen molar-refractivity contribution in [3.8, 4) is 0 Å². The summed E-state index contributed by atoms with van der Waals surface area (Å²) in [5.74, 6) is 2.13. The van der Waals surface area contributed by atoms with Gasteiger partial charge in [0, 0.05) is 0 Å². The van der Waals surface area contributed by atoms with Crippen LogP contribution >= 0.6 is 0 Å². The quantitative estimate of drug-likeness (QED) is 0.604. The Morgan fingerprint density at radius 1 is 1.13 bits per heavy atom. The van der Waals surface area contributed by atoms with Crippen LogP contribution < -0.4 is 5.73 Å². The van der Waals surface area contributed by atoms with Crippen LogP contribution in [0, 0.1) is 17.3 Å². The molecule has 0 spiro atoms. The van der Waals surface area contributed by atoms with E-state index < -0.39 is 0 Å². The summed E-state index contributed by atoms with van der Waals surface area (Å²) in [5.41, 5.74) is 6.08. The highest BCUT2D eigenvalue weighted by Gasteiger charge is 2.31. The minimum absolute atomic E-state index is 0.474. The molecule has 1 fully saturated rings. The van der Waals surface area contributed by atoms with Crippen LogP contribution in [0.5, 0.6) is 0 Å². The predicted octanol–water partition coefficient (Wildman–Crippen LogP) is 3.97. The van der Waals surface area contributed by atoms with Crippen LogP contribution in [0.2, 0.25) is 0 Å². The van der Waals surface area contributed by atoms with Gasteiger partial charge in [0.2, 0.25) is 0 Å². The Morgan fingerprint density at radius 3 is 2.33 bits per heavy atom. The molecule has 0 amide bonds. The Kier molecular flexibility index (Phi) is 5.11. The van der Waals surface area contributed by atoms with Crippen molar-refractivity contribution in [3.63, 3.8) is 0 Å². The zero-order valence-corrected chi connectivity index (χ0v) is 10.9. The maximum absolute atomic E-state index is 5.61. The molecule has 0 aromatic carbocycles. The maximum Gasteiger partial charge on any atom is -0.00722 e. The highest BCUT2D eigenvalue weighted by atomic mass is 14.5. The van der Waals surface area contributed by atoms with Crippen LogP contribution in [0.4, 0.5) is 0 Å². The first-order valence-corrected chi connectivity index (χ1v) is 6.75. The van der Waals surface area contributed by atoms with Gasteiger partial charge in [0.15, 0.2) is 0 Å². The topological polar surface area (TPSA) is 26.0 Å². The van der Waals surface area contributed by atoms with Crippen molar-refractivity contribution in [1.82, 2.24) is 0 Å². The van der Waals surface area contributed by atoms with Crippen molar-refractivity contribution in [3.05, 3.63) is 0 Å². The molecule has 90 valence electrons. The number of nitrogens with two attached hydrogens (primary N) is 1. The van der Waals surface area contributed by atoms with Crippen LogP contribution in [-0.2, 0) is 0 Å². The molecular weight excluding hydrogens is 182 g/mol. The van der Waals surface area contributed by atoms with Gasteiger partial charge in [0.1, 0.15) is 0 Å². The number of rotatable bonds is 8. The lowest BCUT2D eigenvalue weighted by Crippen LogP contribution is -2.16. The molecule has 1 nitrogen and oxygen atoms in total. The van der Waals surface area contributed by atoms with E-state index in [0.717, 1.165) is 18.4 Å². The molecule has 0 radical (unpaired) electrons. The van der Waals surface area contributed by atoms with Gasteiger partial charge in [0.05, 0.1) is 0 Å². The van der Waals surface area contributed by atoms with E-state index in [2.05, 4.69) is 20.8 Å². The molecule has 0 aromatic rings. The average molecular weight is 211 g/mol. The van der Waals surface area contributed by atoms with E-state index in [-0.39, 0.29) is 0 Å². The molecule has 0 aliphatic heterocycles. The van der Waals surface area contributed by atoms with E-state index in [4.69, 9.17) is 5.73 Å². The standard InChI is InChI=1S/C14H29N/c1-12-11-13(12)7-5-4-6-8-14(2,3)9-10-15/h12-13H,4-11,15H2,1-3H3.